The number of hydrogen-bond acceptors (Lipinski definition) is 6. The molecule has 6 nitrogen and oxygen atoms in total. The van der Waals surface area contributed by atoms with Crippen LogP contribution >= 0.6 is 11.8 Å². The number of benzene rings is 1. The number of halogens is 1. The van der Waals surface area contributed by atoms with Gasteiger partial charge in [-0.2, -0.15) is 10.3 Å². The molecule has 2 aliphatic heterocycles. The zero-order valence-corrected chi connectivity index (χ0v) is 16.5. The van der Waals surface area contributed by atoms with E-state index in [-0.39, 0.29) is 11.7 Å². The molecule has 0 atom stereocenters. The predicted molar refractivity (Wildman–Crippen MR) is 110 cm³/mol. The van der Waals surface area contributed by atoms with E-state index in [0.29, 0.717) is 28.0 Å². The molecule has 1 fully saturated rings. The van der Waals surface area contributed by atoms with Crippen molar-refractivity contribution >= 4 is 28.9 Å². The summed E-state index contributed by atoms with van der Waals surface area (Å²) in [6, 6.07) is 11.8. The molecule has 1 saturated heterocycles. The molecular formula is C21H19FN4O2S. The van der Waals surface area contributed by atoms with Crippen molar-refractivity contribution < 1.29 is 13.6 Å². The van der Waals surface area contributed by atoms with E-state index in [1.807, 2.05) is 0 Å². The Balaban J connectivity index is 1.39. The number of amides is 1. The fourth-order valence-electron chi connectivity index (χ4n) is 3.23. The van der Waals surface area contributed by atoms with Gasteiger partial charge in [0.15, 0.2) is 5.17 Å². The van der Waals surface area contributed by atoms with Gasteiger partial charge in [0.25, 0.3) is 5.91 Å². The van der Waals surface area contributed by atoms with E-state index in [0.717, 1.165) is 38.3 Å². The number of aliphatic imine (C=N–C) groups is 1. The first-order valence-electron chi connectivity index (χ1n) is 9.35. The first-order chi connectivity index (χ1) is 14.1. The number of carbonyl (C=O) groups is 1. The average Bonchev–Trinajstić information content (AvgIpc) is 3.35. The molecule has 1 aromatic heterocycles. The van der Waals surface area contributed by atoms with Crippen LogP contribution in [-0.2, 0) is 4.79 Å². The molecule has 0 unspecified atom stereocenters. The van der Waals surface area contributed by atoms with E-state index >= 15 is 0 Å². The van der Waals surface area contributed by atoms with Crippen LogP contribution in [0.15, 0.2) is 50.7 Å². The summed E-state index contributed by atoms with van der Waals surface area (Å²) < 4.78 is 18.9. The maximum Gasteiger partial charge on any atom is 0.286 e. The number of nitriles is 1. The Bertz CT molecular complexity index is 998. The summed E-state index contributed by atoms with van der Waals surface area (Å²) in [7, 11) is 0. The van der Waals surface area contributed by atoms with Gasteiger partial charge in [0.05, 0.1) is 11.0 Å². The van der Waals surface area contributed by atoms with Gasteiger partial charge < -0.3 is 9.32 Å². The van der Waals surface area contributed by atoms with Gasteiger partial charge in [-0.05, 0) is 48.2 Å². The van der Waals surface area contributed by atoms with Gasteiger partial charge in [-0.15, -0.1) is 0 Å². The summed E-state index contributed by atoms with van der Waals surface area (Å²) >= 11 is 1.35. The molecule has 0 bridgehead atoms. The lowest BCUT2D eigenvalue weighted by molar-refractivity contribution is -0.113. The molecule has 0 N–H and O–H groups in total. The number of piperazine rings is 1. The van der Waals surface area contributed by atoms with E-state index in [2.05, 4.69) is 20.9 Å². The van der Waals surface area contributed by atoms with Crippen molar-refractivity contribution in [3.8, 4) is 17.4 Å². The van der Waals surface area contributed by atoms with Crippen molar-refractivity contribution in [3.05, 3.63) is 52.9 Å². The highest BCUT2D eigenvalue weighted by molar-refractivity contribution is 8.18. The summed E-state index contributed by atoms with van der Waals surface area (Å²) in [5.41, 5.74) is 0.771. The molecule has 1 amide bonds. The lowest BCUT2D eigenvalue weighted by Crippen LogP contribution is -2.47. The van der Waals surface area contributed by atoms with Crippen LogP contribution in [0.1, 0.15) is 12.2 Å². The predicted octanol–water partition coefficient (Wildman–Crippen LogP) is 3.59. The molecule has 0 aliphatic carbocycles. The lowest BCUT2D eigenvalue weighted by Gasteiger charge is -2.34. The number of rotatable bonds is 4. The van der Waals surface area contributed by atoms with E-state index in [4.69, 9.17) is 9.68 Å². The van der Waals surface area contributed by atoms with Gasteiger partial charge >= 0.3 is 0 Å². The van der Waals surface area contributed by atoms with E-state index < -0.39 is 0 Å². The molecule has 2 aliphatic rings. The van der Waals surface area contributed by atoms with Gasteiger partial charge in [-0.1, -0.05) is 0 Å². The van der Waals surface area contributed by atoms with Crippen LogP contribution in [0.2, 0.25) is 0 Å². The van der Waals surface area contributed by atoms with Crippen LogP contribution in [0.5, 0.6) is 0 Å². The Morgan fingerprint density at radius 1 is 1.17 bits per heavy atom. The molecule has 148 valence electrons. The third-order valence-electron chi connectivity index (χ3n) is 4.82. The standard InChI is InChI=1S/C21H19FN4O2S/c22-16-4-2-15(3-5-16)18-7-6-17(28-18)14-19-20(27)24-21(29-19)26-12-10-25(11-13-26)9-1-8-23/h2-7,14H,1,9-13H2. The number of hydrogen-bond donors (Lipinski definition) is 0. The maximum absolute atomic E-state index is 13.1. The van der Waals surface area contributed by atoms with Crippen molar-refractivity contribution in [2.45, 2.75) is 6.42 Å². The van der Waals surface area contributed by atoms with Crippen molar-refractivity contribution in [2.24, 2.45) is 4.99 Å². The number of nitrogens with zero attached hydrogens (tertiary/aromatic N) is 4. The fraction of sp³-hybridized carbons (Fsp3) is 0.286. The van der Waals surface area contributed by atoms with Crippen molar-refractivity contribution in [1.82, 2.24) is 9.80 Å². The van der Waals surface area contributed by atoms with Crippen LogP contribution in [0.3, 0.4) is 0 Å². The van der Waals surface area contributed by atoms with Crippen molar-refractivity contribution in [3.63, 3.8) is 0 Å². The van der Waals surface area contributed by atoms with Crippen LogP contribution < -0.4 is 0 Å². The second-order valence-electron chi connectivity index (χ2n) is 6.76. The number of thioether (sulfide) groups is 1. The second-order valence-corrected chi connectivity index (χ2v) is 7.76. The molecule has 3 heterocycles. The number of furan rings is 1. The van der Waals surface area contributed by atoms with Crippen molar-refractivity contribution in [2.75, 3.05) is 32.7 Å². The molecular weight excluding hydrogens is 391 g/mol. The minimum Gasteiger partial charge on any atom is -0.457 e. The zero-order valence-electron chi connectivity index (χ0n) is 15.7. The van der Waals surface area contributed by atoms with Crippen LogP contribution in [0.25, 0.3) is 17.4 Å². The summed E-state index contributed by atoms with van der Waals surface area (Å²) in [5.74, 6) is 0.600. The Kier molecular flexibility index (Phi) is 5.79. The Morgan fingerprint density at radius 3 is 2.66 bits per heavy atom. The summed E-state index contributed by atoms with van der Waals surface area (Å²) in [6.45, 7) is 4.06. The van der Waals surface area contributed by atoms with Crippen LogP contribution in [0.4, 0.5) is 4.39 Å². The normalized spacial score (nSPS) is 18.9. The molecule has 0 radical (unpaired) electrons. The summed E-state index contributed by atoms with van der Waals surface area (Å²) in [4.78, 5) is 21.4. The highest BCUT2D eigenvalue weighted by atomic mass is 32.2. The van der Waals surface area contributed by atoms with Crippen LogP contribution in [0, 0.1) is 17.1 Å². The first kappa shape index (κ1) is 19.4. The van der Waals surface area contributed by atoms with Gasteiger partial charge in [-0.3, -0.25) is 9.69 Å². The molecule has 4 rings (SSSR count). The largest absolute Gasteiger partial charge is 0.457 e. The minimum atomic E-state index is -0.300. The topological polar surface area (TPSA) is 72.8 Å². The minimum absolute atomic E-state index is 0.267. The zero-order chi connectivity index (χ0) is 20.2. The Morgan fingerprint density at radius 2 is 1.93 bits per heavy atom. The SMILES string of the molecule is N#CCCN1CCN(C2=NC(=O)C(=Cc3ccc(-c4ccc(F)cc4)o3)S2)CC1. The van der Waals surface area contributed by atoms with E-state index in [1.165, 1.54) is 23.9 Å². The van der Waals surface area contributed by atoms with Crippen molar-refractivity contribution in [1.29, 1.82) is 5.26 Å². The van der Waals surface area contributed by atoms with E-state index in [1.54, 1.807) is 30.3 Å². The molecule has 29 heavy (non-hydrogen) atoms. The highest BCUT2D eigenvalue weighted by Crippen LogP contribution is 2.32. The van der Waals surface area contributed by atoms with E-state index in [9.17, 15) is 9.18 Å². The maximum atomic E-state index is 13.1. The summed E-state index contributed by atoms with van der Waals surface area (Å²) in [6.07, 6.45) is 2.23. The Hall–Kier alpha value is -2.89. The van der Waals surface area contributed by atoms with Gasteiger partial charge in [0.2, 0.25) is 0 Å². The van der Waals surface area contributed by atoms with Gasteiger partial charge in [-0.25, -0.2) is 4.39 Å². The molecule has 2 aromatic rings. The highest BCUT2D eigenvalue weighted by Gasteiger charge is 2.28. The lowest BCUT2D eigenvalue weighted by atomic mass is 10.2. The third-order valence-corrected chi connectivity index (χ3v) is 5.87. The average molecular weight is 410 g/mol. The van der Waals surface area contributed by atoms with Gasteiger partial charge in [0.1, 0.15) is 17.3 Å². The monoisotopic (exact) mass is 410 g/mol. The number of amidine groups is 1. The first-order valence-corrected chi connectivity index (χ1v) is 10.2. The quantitative estimate of drug-likeness (QED) is 0.718. The van der Waals surface area contributed by atoms with Gasteiger partial charge in [0, 0.05) is 50.8 Å². The molecule has 0 saturated carbocycles. The molecule has 0 spiro atoms. The fourth-order valence-corrected chi connectivity index (χ4v) is 4.18. The molecule has 1 aromatic carbocycles. The smallest absolute Gasteiger partial charge is 0.286 e. The second kappa shape index (κ2) is 8.64. The number of carbonyl (C=O) groups excluding carboxylic acids is 1. The molecule has 8 heteroatoms. The summed E-state index contributed by atoms with van der Waals surface area (Å²) in [5, 5.41) is 9.42. The van der Waals surface area contributed by atoms with Crippen LogP contribution in [-0.4, -0.2) is 53.6 Å². The third kappa shape index (κ3) is 4.58. The Labute approximate surface area is 172 Å².